The highest BCUT2D eigenvalue weighted by atomic mass is 32.2. The summed E-state index contributed by atoms with van der Waals surface area (Å²) >= 11 is 1.19. The van der Waals surface area contributed by atoms with Crippen molar-refractivity contribution in [1.29, 1.82) is 0 Å². The van der Waals surface area contributed by atoms with Gasteiger partial charge in [0.1, 0.15) is 11.3 Å². The lowest BCUT2D eigenvalue weighted by Crippen LogP contribution is -2.02. The van der Waals surface area contributed by atoms with Crippen molar-refractivity contribution in [2.24, 2.45) is 0 Å². The molecule has 0 saturated heterocycles. The van der Waals surface area contributed by atoms with Crippen molar-refractivity contribution < 1.29 is 14.6 Å². The third-order valence-electron chi connectivity index (χ3n) is 2.56. The van der Waals surface area contributed by atoms with E-state index in [1.54, 1.807) is 13.2 Å². The van der Waals surface area contributed by atoms with Crippen LogP contribution >= 0.6 is 11.8 Å². The number of imidazole rings is 1. The lowest BCUT2D eigenvalue weighted by atomic mass is 10.3. The Bertz CT molecular complexity index is 622. The zero-order chi connectivity index (χ0) is 13.8. The molecule has 0 aliphatic heterocycles. The molecule has 0 fully saturated rings. The van der Waals surface area contributed by atoms with Crippen LogP contribution in [-0.2, 0) is 11.3 Å². The molecule has 2 rings (SSSR count). The van der Waals surface area contributed by atoms with Crippen LogP contribution in [0.3, 0.4) is 0 Å². The summed E-state index contributed by atoms with van der Waals surface area (Å²) in [5.74, 6) is -0.213. The van der Waals surface area contributed by atoms with Gasteiger partial charge in [-0.3, -0.25) is 4.79 Å². The van der Waals surface area contributed by atoms with Gasteiger partial charge in [0.25, 0.3) is 0 Å². The van der Waals surface area contributed by atoms with Crippen LogP contribution in [0.5, 0.6) is 5.75 Å². The Hall–Kier alpha value is -1.95. The van der Waals surface area contributed by atoms with Crippen molar-refractivity contribution in [3.63, 3.8) is 0 Å². The molecule has 19 heavy (non-hydrogen) atoms. The second-order valence-electron chi connectivity index (χ2n) is 3.80. The first-order chi connectivity index (χ1) is 9.17. The maximum atomic E-state index is 10.7. The van der Waals surface area contributed by atoms with Crippen LogP contribution in [0.15, 0.2) is 36.0 Å². The van der Waals surface area contributed by atoms with E-state index in [9.17, 15) is 4.79 Å². The van der Waals surface area contributed by atoms with Crippen molar-refractivity contribution >= 4 is 28.8 Å². The van der Waals surface area contributed by atoms with Crippen LogP contribution < -0.4 is 4.74 Å². The Balaban J connectivity index is 2.52. The average molecular weight is 278 g/mol. The van der Waals surface area contributed by atoms with Crippen molar-refractivity contribution in [2.45, 2.75) is 11.7 Å². The lowest BCUT2D eigenvalue weighted by molar-refractivity contribution is -0.133. The largest absolute Gasteiger partial charge is 0.494 e. The van der Waals surface area contributed by atoms with E-state index in [-0.39, 0.29) is 5.75 Å². The Labute approximate surface area is 114 Å². The van der Waals surface area contributed by atoms with Gasteiger partial charge in [-0.2, -0.15) is 0 Å². The van der Waals surface area contributed by atoms with Crippen LogP contribution in [0.2, 0.25) is 0 Å². The maximum Gasteiger partial charge on any atom is 0.313 e. The lowest BCUT2D eigenvalue weighted by Gasteiger charge is -2.05. The number of nitrogens with zero attached hydrogens (tertiary/aromatic N) is 2. The summed E-state index contributed by atoms with van der Waals surface area (Å²) in [4.78, 5) is 15.1. The molecular formula is C13H14N2O3S. The molecule has 0 aliphatic rings. The molecule has 0 spiro atoms. The summed E-state index contributed by atoms with van der Waals surface area (Å²) in [5.41, 5.74) is 1.65. The number of hydrogen-bond donors (Lipinski definition) is 1. The number of carboxylic acids is 1. The standard InChI is InChI=1S/C13H14N2O3S/c1-3-7-15-9-5-4-6-10(18-2)12(9)14-13(15)19-8-11(16)17/h3-6H,1,7-8H2,2H3,(H,16,17). The molecule has 1 aromatic heterocycles. The van der Waals surface area contributed by atoms with Gasteiger partial charge in [-0.1, -0.05) is 23.9 Å². The topological polar surface area (TPSA) is 64.4 Å². The average Bonchev–Trinajstić information content (AvgIpc) is 2.75. The molecule has 0 aliphatic carbocycles. The molecule has 0 saturated carbocycles. The number of methoxy groups -OCH3 is 1. The molecule has 0 atom stereocenters. The van der Waals surface area contributed by atoms with E-state index in [0.29, 0.717) is 17.5 Å². The van der Waals surface area contributed by atoms with Crippen LogP contribution in [0.25, 0.3) is 11.0 Å². The fourth-order valence-electron chi connectivity index (χ4n) is 1.81. The van der Waals surface area contributed by atoms with E-state index >= 15 is 0 Å². The Morgan fingerprint density at radius 2 is 2.42 bits per heavy atom. The number of ether oxygens (including phenoxy) is 1. The van der Waals surface area contributed by atoms with Crippen molar-refractivity contribution in [2.75, 3.05) is 12.9 Å². The summed E-state index contributed by atoms with van der Waals surface area (Å²) in [5, 5.41) is 9.42. The van der Waals surface area contributed by atoms with Gasteiger partial charge in [0.05, 0.1) is 18.4 Å². The predicted molar refractivity (Wildman–Crippen MR) is 74.8 cm³/mol. The zero-order valence-corrected chi connectivity index (χ0v) is 11.3. The Morgan fingerprint density at radius 1 is 1.63 bits per heavy atom. The molecular weight excluding hydrogens is 264 g/mol. The minimum absolute atomic E-state index is 0.0250. The first kappa shape index (κ1) is 13.5. The van der Waals surface area contributed by atoms with Gasteiger partial charge < -0.3 is 14.4 Å². The molecule has 0 radical (unpaired) electrons. The maximum absolute atomic E-state index is 10.7. The normalized spacial score (nSPS) is 10.6. The molecule has 1 heterocycles. The number of thioether (sulfide) groups is 1. The second kappa shape index (κ2) is 5.79. The molecule has 0 unspecified atom stereocenters. The van der Waals surface area contributed by atoms with E-state index in [1.807, 2.05) is 22.8 Å². The van der Waals surface area contributed by atoms with Gasteiger partial charge in [0.15, 0.2) is 5.16 Å². The van der Waals surface area contributed by atoms with E-state index < -0.39 is 5.97 Å². The Kier molecular flexibility index (Phi) is 4.11. The van der Waals surface area contributed by atoms with Crippen molar-refractivity contribution in [3.8, 4) is 5.75 Å². The van der Waals surface area contributed by atoms with Crippen LogP contribution in [0.4, 0.5) is 0 Å². The van der Waals surface area contributed by atoms with Crippen molar-refractivity contribution in [3.05, 3.63) is 30.9 Å². The summed E-state index contributed by atoms with van der Waals surface area (Å²) in [6, 6.07) is 5.65. The molecule has 100 valence electrons. The molecule has 6 heteroatoms. The van der Waals surface area contributed by atoms with Gasteiger partial charge in [0.2, 0.25) is 0 Å². The number of allylic oxidation sites excluding steroid dienone is 1. The zero-order valence-electron chi connectivity index (χ0n) is 10.5. The van der Waals surface area contributed by atoms with E-state index in [4.69, 9.17) is 9.84 Å². The first-order valence-corrected chi connectivity index (χ1v) is 6.64. The number of aromatic nitrogens is 2. The molecule has 2 aromatic rings. The van der Waals surface area contributed by atoms with Gasteiger partial charge in [0, 0.05) is 6.54 Å². The Morgan fingerprint density at radius 3 is 3.05 bits per heavy atom. The molecule has 5 nitrogen and oxygen atoms in total. The number of para-hydroxylation sites is 1. The highest BCUT2D eigenvalue weighted by Gasteiger charge is 2.14. The summed E-state index contributed by atoms with van der Waals surface area (Å²) < 4.78 is 7.20. The predicted octanol–water partition coefficient (Wildman–Crippen LogP) is 2.41. The molecule has 0 bridgehead atoms. The number of hydrogen-bond acceptors (Lipinski definition) is 4. The number of benzene rings is 1. The summed E-state index contributed by atoms with van der Waals surface area (Å²) in [6.07, 6.45) is 1.76. The monoisotopic (exact) mass is 278 g/mol. The highest BCUT2D eigenvalue weighted by molar-refractivity contribution is 7.99. The SMILES string of the molecule is C=CCn1c(SCC(=O)O)nc2c(OC)cccc21. The smallest absolute Gasteiger partial charge is 0.313 e. The number of carboxylic acid groups (broad SMARTS) is 1. The number of rotatable bonds is 6. The molecule has 1 N–H and O–H groups in total. The third kappa shape index (κ3) is 2.73. The minimum atomic E-state index is -0.867. The number of fused-ring (bicyclic) bond motifs is 1. The van der Waals surface area contributed by atoms with Crippen LogP contribution in [-0.4, -0.2) is 33.5 Å². The van der Waals surface area contributed by atoms with Crippen LogP contribution in [0, 0.1) is 0 Å². The minimum Gasteiger partial charge on any atom is -0.494 e. The fourth-order valence-corrected chi connectivity index (χ4v) is 2.54. The third-order valence-corrected chi connectivity index (χ3v) is 3.52. The molecule has 1 aromatic carbocycles. The second-order valence-corrected chi connectivity index (χ2v) is 4.75. The van der Waals surface area contributed by atoms with Gasteiger partial charge in [-0.05, 0) is 12.1 Å². The van der Waals surface area contributed by atoms with E-state index in [1.165, 1.54) is 11.8 Å². The number of aliphatic carboxylic acids is 1. The van der Waals surface area contributed by atoms with Gasteiger partial charge >= 0.3 is 5.97 Å². The number of carbonyl (C=O) groups is 1. The van der Waals surface area contributed by atoms with Gasteiger partial charge in [-0.25, -0.2) is 4.98 Å². The summed E-state index contributed by atoms with van der Waals surface area (Å²) in [6.45, 7) is 4.29. The van der Waals surface area contributed by atoms with Gasteiger partial charge in [-0.15, -0.1) is 6.58 Å². The highest BCUT2D eigenvalue weighted by Crippen LogP contribution is 2.29. The quantitative estimate of drug-likeness (QED) is 0.649. The van der Waals surface area contributed by atoms with Crippen LogP contribution in [0.1, 0.15) is 0 Å². The van der Waals surface area contributed by atoms with E-state index in [0.717, 1.165) is 11.0 Å². The van der Waals surface area contributed by atoms with Crippen molar-refractivity contribution in [1.82, 2.24) is 9.55 Å². The molecule has 0 amide bonds. The first-order valence-electron chi connectivity index (χ1n) is 5.66. The van der Waals surface area contributed by atoms with E-state index in [2.05, 4.69) is 11.6 Å². The summed E-state index contributed by atoms with van der Waals surface area (Å²) in [7, 11) is 1.59. The fraction of sp³-hybridized carbons (Fsp3) is 0.231.